The van der Waals surface area contributed by atoms with E-state index in [1.54, 1.807) is 0 Å². The van der Waals surface area contributed by atoms with Crippen molar-refractivity contribution in [2.24, 2.45) is 11.8 Å². The molecule has 0 aliphatic rings. The molecule has 0 aromatic carbocycles. The largest absolute Gasteiger partial charge is 0.472 e. The molecule has 3 N–H and O–H groups in total. The van der Waals surface area contributed by atoms with Crippen LogP contribution in [0, 0.1) is 11.8 Å². The van der Waals surface area contributed by atoms with E-state index in [0.29, 0.717) is 25.7 Å². The summed E-state index contributed by atoms with van der Waals surface area (Å²) < 4.78 is 69.0. The maximum absolute atomic E-state index is 13.2. The molecule has 0 heterocycles. The Labute approximate surface area is 677 Å². The smallest absolute Gasteiger partial charge is 0.462 e. The Morgan fingerprint density at radius 1 is 0.264 bits per heavy atom. The van der Waals surface area contributed by atoms with Crippen LogP contribution in [0.2, 0.25) is 0 Å². The number of unbranched alkanes of at least 4 members (excludes halogenated alkanes) is 59. The van der Waals surface area contributed by atoms with Crippen molar-refractivity contribution < 1.29 is 80.2 Å². The Balaban J connectivity index is 5.19. The number of phosphoric ester groups is 2. The van der Waals surface area contributed by atoms with Crippen LogP contribution >= 0.6 is 15.6 Å². The van der Waals surface area contributed by atoms with Gasteiger partial charge in [-0.1, -0.05) is 440 Å². The molecule has 0 radical (unpaired) electrons. The molecule has 0 spiro atoms. The number of esters is 4. The highest BCUT2D eigenvalue weighted by atomic mass is 31.2. The third kappa shape index (κ3) is 82.6. The first kappa shape index (κ1) is 108. The zero-order valence-electron chi connectivity index (χ0n) is 72.6. The number of aliphatic hydroxyl groups is 1. The predicted octanol–water partition coefficient (Wildman–Crippen LogP) is 28.2. The van der Waals surface area contributed by atoms with Crippen LogP contribution in [-0.4, -0.2) is 96.7 Å². The Kier molecular flexibility index (Phi) is 80.7. The molecule has 0 aromatic rings. The van der Waals surface area contributed by atoms with Gasteiger partial charge in [-0.25, -0.2) is 9.13 Å². The van der Waals surface area contributed by atoms with Crippen molar-refractivity contribution >= 4 is 39.5 Å². The van der Waals surface area contributed by atoms with Crippen LogP contribution in [-0.2, 0) is 65.4 Å². The third-order valence-electron chi connectivity index (χ3n) is 21.8. The van der Waals surface area contributed by atoms with Gasteiger partial charge in [0.15, 0.2) is 12.2 Å². The van der Waals surface area contributed by atoms with Gasteiger partial charge in [0.05, 0.1) is 26.4 Å². The number of carbonyl (C=O) groups is 4. The number of hydrogen-bond donors (Lipinski definition) is 3. The number of carbonyl (C=O) groups excluding carboxylic acids is 4. The summed E-state index contributed by atoms with van der Waals surface area (Å²) in [6, 6.07) is 0. The normalized spacial score (nSPS) is 14.0. The Morgan fingerprint density at radius 2 is 0.464 bits per heavy atom. The molecule has 0 rings (SSSR count). The molecule has 0 aliphatic heterocycles. The van der Waals surface area contributed by atoms with E-state index >= 15 is 0 Å². The monoisotopic (exact) mass is 1610 g/mol. The molecule has 0 fully saturated rings. The Morgan fingerprint density at radius 3 is 0.691 bits per heavy atom. The molecule has 0 amide bonds. The minimum absolute atomic E-state index is 0.108. The van der Waals surface area contributed by atoms with Gasteiger partial charge in [0.25, 0.3) is 0 Å². The van der Waals surface area contributed by atoms with E-state index in [1.165, 1.54) is 308 Å². The van der Waals surface area contributed by atoms with Crippen LogP contribution in [0.3, 0.4) is 0 Å². The summed E-state index contributed by atoms with van der Waals surface area (Å²) in [5, 5.41) is 10.7. The van der Waals surface area contributed by atoms with Crippen LogP contribution in [0.5, 0.6) is 0 Å². The number of hydrogen-bond acceptors (Lipinski definition) is 15. The molecule has 19 heteroatoms. The van der Waals surface area contributed by atoms with E-state index in [1.807, 2.05) is 0 Å². The minimum atomic E-state index is -4.97. The van der Waals surface area contributed by atoms with Crippen molar-refractivity contribution in [3.05, 3.63) is 0 Å². The average molecular weight is 1610 g/mol. The van der Waals surface area contributed by atoms with E-state index in [0.717, 1.165) is 102 Å². The fourth-order valence-corrected chi connectivity index (χ4v) is 15.9. The first-order valence-electron chi connectivity index (χ1n) is 47.0. The van der Waals surface area contributed by atoms with Gasteiger partial charge in [-0.3, -0.25) is 37.3 Å². The zero-order chi connectivity index (χ0) is 80.6. The van der Waals surface area contributed by atoms with Gasteiger partial charge >= 0.3 is 39.5 Å². The van der Waals surface area contributed by atoms with Gasteiger partial charge in [-0.05, 0) is 37.5 Å². The zero-order valence-corrected chi connectivity index (χ0v) is 74.4. The van der Waals surface area contributed by atoms with Crippen LogP contribution in [0.25, 0.3) is 0 Å². The first-order valence-corrected chi connectivity index (χ1v) is 50.0. The molecular formula is C91H178O17P2. The Hall–Kier alpha value is -1.94. The van der Waals surface area contributed by atoms with Crippen LogP contribution < -0.4 is 0 Å². The molecule has 3 unspecified atom stereocenters. The Bertz CT molecular complexity index is 2100. The van der Waals surface area contributed by atoms with Gasteiger partial charge in [0, 0.05) is 25.7 Å². The van der Waals surface area contributed by atoms with Crippen molar-refractivity contribution in [2.75, 3.05) is 39.6 Å². The van der Waals surface area contributed by atoms with Crippen molar-refractivity contribution in [2.45, 2.75) is 509 Å². The van der Waals surface area contributed by atoms with Gasteiger partial charge in [-0.15, -0.1) is 0 Å². The fraction of sp³-hybridized carbons (Fsp3) is 0.956. The predicted molar refractivity (Wildman–Crippen MR) is 455 cm³/mol. The van der Waals surface area contributed by atoms with Crippen molar-refractivity contribution in [1.29, 1.82) is 0 Å². The highest BCUT2D eigenvalue weighted by Gasteiger charge is 2.31. The van der Waals surface area contributed by atoms with Crippen molar-refractivity contribution in [1.82, 2.24) is 0 Å². The van der Waals surface area contributed by atoms with Gasteiger partial charge in [-0.2, -0.15) is 0 Å². The summed E-state index contributed by atoms with van der Waals surface area (Å²) in [5.41, 5.74) is 0. The topological polar surface area (TPSA) is 237 Å². The van der Waals surface area contributed by atoms with Crippen LogP contribution in [0.15, 0.2) is 0 Å². The third-order valence-corrected chi connectivity index (χ3v) is 23.7. The molecular weight excluding hydrogens is 1430 g/mol. The molecule has 0 saturated carbocycles. The highest BCUT2D eigenvalue weighted by Crippen LogP contribution is 2.45. The van der Waals surface area contributed by atoms with E-state index in [4.69, 9.17) is 37.0 Å². The fourth-order valence-electron chi connectivity index (χ4n) is 14.3. The second-order valence-electron chi connectivity index (χ2n) is 33.4. The quantitative estimate of drug-likeness (QED) is 0.0222. The first-order chi connectivity index (χ1) is 53.4. The highest BCUT2D eigenvalue weighted by molar-refractivity contribution is 7.47. The van der Waals surface area contributed by atoms with E-state index in [2.05, 4.69) is 41.5 Å². The second kappa shape index (κ2) is 82.2. The summed E-state index contributed by atoms with van der Waals surface area (Å²) in [6.07, 6.45) is 76.5. The lowest BCUT2D eigenvalue weighted by molar-refractivity contribution is -0.161. The molecule has 110 heavy (non-hydrogen) atoms. The lowest BCUT2D eigenvalue weighted by Crippen LogP contribution is -2.30. The summed E-state index contributed by atoms with van der Waals surface area (Å²) in [5.74, 6) is -0.429. The summed E-state index contributed by atoms with van der Waals surface area (Å²) >= 11 is 0. The molecule has 6 atom stereocenters. The summed E-state index contributed by atoms with van der Waals surface area (Å²) in [4.78, 5) is 73.3. The summed E-state index contributed by atoms with van der Waals surface area (Å²) in [7, 11) is -9.93. The minimum Gasteiger partial charge on any atom is -0.462 e. The number of aliphatic hydroxyl groups excluding tert-OH is 1. The van der Waals surface area contributed by atoms with E-state index in [-0.39, 0.29) is 25.7 Å². The molecule has 17 nitrogen and oxygen atoms in total. The summed E-state index contributed by atoms with van der Waals surface area (Å²) in [6.45, 7) is 9.77. The van der Waals surface area contributed by atoms with E-state index in [9.17, 15) is 43.2 Å². The van der Waals surface area contributed by atoms with Gasteiger partial charge in [0.1, 0.15) is 19.3 Å². The van der Waals surface area contributed by atoms with Crippen molar-refractivity contribution in [3.8, 4) is 0 Å². The molecule has 0 aliphatic carbocycles. The van der Waals surface area contributed by atoms with E-state index < -0.39 is 97.5 Å². The standard InChI is InChI=1S/C91H178O17P2/c1-7-10-12-14-16-18-19-20-21-22-23-24-25-26-31-34-40-45-51-57-63-69-75-91(96)108-87(80-102-89(94)74-68-62-56-50-44-39-33-30-28-27-29-32-37-42-48-53-59-65-71-83(4)5)82-106-110(99,100)104-78-85(92)77-103-109(97,98)105-81-86(79-101-88(93)73-67-61-55-47-17-15-13-11-8-2)107-90(95)76-70-64-58-52-46-41-36-35-38-43-49-54-60-66-72-84(6)9-3/h83-87,92H,7-82H2,1-6H3,(H,97,98)(H,99,100)/t84?,85-,86+,87+/m0/s1. The molecule has 654 valence electrons. The van der Waals surface area contributed by atoms with Gasteiger partial charge in [0.2, 0.25) is 0 Å². The SMILES string of the molecule is CCCCCCCCCCCCCCCCCCCCCCCCC(=O)O[C@H](COC(=O)CCCCCCCCCCCCCCCCCCCCC(C)C)COP(=O)(O)OC[C@@H](O)COP(=O)(O)OC[C@@H](COC(=O)CCCCCCCCCCC)OC(=O)CCCCCCCCCCCCCCCCC(C)CC. The van der Waals surface area contributed by atoms with Crippen LogP contribution in [0.4, 0.5) is 0 Å². The molecule has 0 saturated heterocycles. The average Bonchev–Trinajstić information content (AvgIpc) is 0.897. The second-order valence-corrected chi connectivity index (χ2v) is 36.3. The van der Waals surface area contributed by atoms with Gasteiger partial charge < -0.3 is 33.8 Å². The van der Waals surface area contributed by atoms with Crippen molar-refractivity contribution in [3.63, 3.8) is 0 Å². The van der Waals surface area contributed by atoms with Crippen LogP contribution in [0.1, 0.15) is 491 Å². The number of phosphoric acid groups is 2. The number of ether oxygens (including phenoxy) is 4. The molecule has 0 bridgehead atoms. The maximum Gasteiger partial charge on any atom is 0.472 e. The molecule has 0 aromatic heterocycles. The lowest BCUT2D eigenvalue weighted by atomic mass is 9.99. The maximum atomic E-state index is 13.2. The number of rotatable bonds is 90. The lowest BCUT2D eigenvalue weighted by Gasteiger charge is -2.21.